The molecule has 3 heteroatoms. The van der Waals surface area contributed by atoms with Gasteiger partial charge in [0.1, 0.15) is 5.82 Å². The van der Waals surface area contributed by atoms with Crippen LogP contribution in [0.4, 0.5) is 4.39 Å². The van der Waals surface area contributed by atoms with Gasteiger partial charge in [-0.1, -0.05) is 30.8 Å². The second kappa shape index (κ2) is 5.02. The molecule has 0 aliphatic carbocycles. The Hall–Kier alpha value is -2.68. The highest BCUT2D eigenvalue weighted by molar-refractivity contribution is 5.92. The molecule has 1 aromatic heterocycles. The summed E-state index contributed by atoms with van der Waals surface area (Å²) < 4.78 is 14.9. The summed E-state index contributed by atoms with van der Waals surface area (Å²) in [5, 5.41) is 1.46. The normalized spacial score (nSPS) is 10.8. The molecular weight excluding hydrogens is 265 g/mol. The number of allylic oxidation sites excluding steroid dienone is 1. The minimum Gasteiger partial charge on any atom is -0.283 e. The minimum atomic E-state index is -0.371. The van der Waals surface area contributed by atoms with Crippen molar-refractivity contribution in [2.24, 2.45) is 0 Å². The van der Waals surface area contributed by atoms with Crippen LogP contribution in [0.2, 0.25) is 0 Å². The first kappa shape index (κ1) is 13.3. The van der Waals surface area contributed by atoms with Gasteiger partial charge in [-0.25, -0.2) is 4.39 Å². The third-order valence-corrected chi connectivity index (χ3v) is 3.47. The van der Waals surface area contributed by atoms with E-state index in [0.29, 0.717) is 11.1 Å². The van der Waals surface area contributed by atoms with E-state index in [9.17, 15) is 9.18 Å². The van der Waals surface area contributed by atoms with Gasteiger partial charge in [0.05, 0.1) is 5.69 Å². The van der Waals surface area contributed by atoms with Crippen LogP contribution >= 0.6 is 0 Å². The maximum absolute atomic E-state index is 13.4. The van der Waals surface area contributed by atoms with E-state index in [1.54, 1.807) is 24.4 Å². The van der Waals surface area contributed by atoms with E-state index in [1.807, 2.05) is 25.1 Å². The molecule has 3 aromatic rings. The van der Waals surface area contributed by atoms with Gasteiger partial charge in [0.2, 0.25) is 0 Å². The number of fused-ring (bicyclic) bond motifs is 1. The van der Waals surface area contributed by atoms with Crippen LogP contribution in [0.3, 0.4) is 0 Å². The standard InChI is InChI=1S/C18H14FNO/c1-12(2)17-11-20(14-7-5-6-13(19)10-14)18(21)16-9-4-3-8-15(16)17/h3-11H,1H2,2H3. The highest BCUT2D eigenvalue weighted by atomic mass is 19.1. The molecule has 104 valence electrons. The predicted molar refractivity (Wildman–Crippen MR) is 84.2 cm³/mol. The van der Waals surface area contributed by atoms with E-state index in [2.05, 4.69) is 6.58 Å². The number of hydrogen-bond acceptors (Lipinski definition) is 1. The van der Waals surface area contributed by atoms with E-state index >= 15 is 0 Å². The maximum Gasteiger partial charge on any atom is 0.262 e. The topological polar surface area (TPSA) is 22.0 Å². The molecule has 0 bridgehead atoms. The second-order valence-electron chi connectivity index (χ2n) is 5.02. The molecule has 0 radical (unpaired) electrons. The Labute approximate surface area is 121 Å². The van der Waals surface area contributed by atoms with Crippen molar-refractivity contribution in [3.8, 4) is 5.69 Å². The number of pyridine rings is 1. The van der Waals surface area contributed by atoms with Crippen molar-refractivity contribution in [1.82, 2.24) is 4.57 Å². The third kappa shape index (κ3) is 2.27. The molecule has 0 saturated carbocycles. The smallest absolute Gasteiger partial charge is 0.262 e. The van der Waals surface area contributed by atoms with Gasteiger partial charge in [-0.2, -0.15) is 0 Å². The lowest BCUT2D eigenvalue weighted by molar-refractivity contribution is 0.626. The maximum atomic E-state index is 13.4. The summed E-state index contributed by atoms with van der Waals surface area (Å²) in [7, 11) is 0. The van der Waals surface area contributed by atoms with Gasteiger partial charge in [-0.15, -0.1) is 0 Å². The first-order valence-corrected chi connectivity index (χ1v) is 6.64. The monoisotopic (exact) mass is 279 g/mol. The molecular formula is C18H14FNO. The molecule has 21 heavy (non-hydrogen) atoms. The molecule has 3 rings (SSSR count). The van der Waals surface area contributed by atoms with Gasteiger partial charge in [0.25, 0.3) is 5.56 Å². The molecule has 0 atom stereocenters. The SMILES string of the molecule is C=C(C)c1cn(-c2cccc(F)c2)c(=O)c2ccccc12. The van der Waals surface area contributed by atoms with Gasteiger partial charge in [-0.3, -0.25) is 9.36 Å². The molecule has 1 heterocycles. The van der Waals surface area contributed by atoms with Crippen molar-refractivity contribution in [2.75, 3.05) is 0 Å². The van der Waals surface area contributed by atoms with Gasteiger partial charge >= 0.3 is 0 Å². The van der Waals surface area contributed by atoms with E-state index < -0.39 is 0 Å². The molecule has 0 N–H and O–H groups in total. The highest BCUT2D eigenvalue weighted by Gasteiger charge is 2.10. The molecule has 0 spiro atoms. The third-order valence-electron chi connectivity index (χ3n) is 3.47. The molecule has 2 aromatic carbocycles. The quantitative estimate of drug-likeness (QED) is 0.690. The van der Waals surface area contributed by atoms with Crippen molar-refractivity contribution in [3.63, 3.8) is 0 Å². The fourth-order valence-electron chi connectivity index (χ4n) is 2.45. The summed E-state index contributed by atoms with van der Waals surface area (Å²) in [6.07, 6.45) is 1.72. The number of benzene rings is 2. The fourth-order valence-corrected chi connectivity index (χ4v) is 2.45. The highest BCUT2D eigenvalue weighted by Crippen LogP contribution is 2.22. The number of hydrogen-bond donors (Lipinski definition) is 0. The second-order valence-corrected chi connectivity index (χ2v) is 5.02. The van der Waals surface area contributed by atoms with Crippen LogP contribution in [0.25, 0.3) is 22.0 Å². The fraction of sp³-hybridized carbons (Fsp3) is 0.0556. The minimum absolute atomic E-state index is 0.166. The molecule has 0 amide bonds. The van der Waals surface area contributed by atoms with Crippen molar-refractivity contribution in [1.29, 1.82) is 0 Å². The summed E-state index contributed by atoms with van der Waals surface area (Å²) in [6, 6.07) is 13.4. The zero-order valence-electron chi connectivity index (χ0n) is 11.6. The van der Waals surface area contributed by atoms with Crippen LogP contribution in [-0.2, 0) is 0 Å². The summed E-state index contributed by atoms with van der Waals surface area (Å²) in [6.45, 7) is 5.86. The lowest BCUT2D eigenvalue weighted by Crippen LogP contribution is -2.19. The Morgan fingerprint density at radius 2 is 1.81 bits per heavy atom. The lowest BCUT2D eigenvalue weighted by Gasteiger charge is -2.12. The number of aromatic nitrogens is 1. The predicted octanol–water partition coefficient (Wildman–Crippen LogP) is 4.16. The molecule has 2 nitrogen and oxygen atoms in total. The van der Waals surface area contributed by atoms with Crippen molar-refractivity contribution >= 4 is 16.3 Å². The average molecular weight is 279 g/mol. The van der Waals surface area contributed by atoms with Crippen LogP contribution in [0.1, 0.15) is 12.5 Å². The number of halogens is 1. The van der Waals surface area contributed by atoms with Crippen LogP contribution in [0, 0.1) is 5.82 Å². The summed E-state index contributed by atoms with van der Waals surface area (Å²) in [5.74, 6) is -0.371. The average Bonchev–Trinajstić information content (AvgIpc) is 2.47. The lowest BCUT2D eigenvalue weighted by atomic mass is 10.0. The van der Waals surface area contributed by atoms with E-state index in [-0.39, 0.29) is 11.4 Å². The van der Waals surface area contributed by atoms with E-state index in [4.69, 9.17) is 0 Å². The Kier molecular flexibility index (Phi) is 3.18. The Bertz CT molecular complexity index is 908. The number of rotatable bonds is 2. The molecule has 0 saturated heterocycles. The van der Waals surface area contributed by atoms with Gasteiger partial charge < -0.3 is 0 Å². The molecule has 0 unspecified atom stereocenters. The Morgan fingerprint density at radius 1 is 1.10 bits per heavy atom. The van der Waals surface area contributed by atoms with E-state index in [1.165, 1.54) is 16.7 Å². The van der Waals surface area contributed by atoms with Gasteiger partial charge in [0, 0.05) is 17.1 Å². The largest absolute Gasteiger partial charge is 0.283 e. The number of nitrogens with zero attached hydrogens (tertiary/aromatic N) is 1. The first-order chi connectivity index (χ1) is 10.1. The first-order valence-electron chi connectivity index (χ1n) is 6.64. The van der Waals surface area contributed by atoms with Crippen LogP contribution in [0.5, 0.6) is 0 Å². The van der Waals surface area contributed by atoms with Crippen molar-refractivity contribution in [3.05, 3.63) is 83.0 Å². The van der Waals surface area contributed by atoms with Crippen molar-refractivity contribution in [2.45, 2.75) is 6.92 Å². The Morgan fingerprint density at radius 3 is 2.48 bits per heavy atom. The van der Waals surface area contributed by atoms with E-state index in [0.717, 1.165) is 16.5 Å². The van der Waals surface area contributed by atoms with Gasteiger partial charge in [-0.05, 0) is 42.1 Å². The summed E-state index contributed by atoms with van der Waals surface area (Å²) >= 11 is 0. The van der Waals surface area contributed by atoms with Crippen LogP contribution in [0.15, 0.2) is 66.1 Å². The zero-order valence-corrected chi connectivity index (χ0v) is 11.6. The Balaban J connectivity index is 2.42. The van der Waals surface area contributed by atoms with Crippen molar-refractivity contribution < 1.29 is 4.39 Å². The summed E-state index contributed by atoms with van der Waals surface area (Å²) in [5.41, 5.74) is 2.08. The summed E-state index contributed by atoms with van der Waals surface area (Å²) in [4.78, 5) is 12.6. The van der Waals surface area contributed by atoms with Crippen LogP contribution in [-0.4, -0.2) is 4.57 Å². The molecule has 0 aliphatic rings. The zero-order chi connectivity index (χ0) is 15.0. The molecule has 0 aliphatic heterocycles. The molecule has 0 fully saturated rings. The van der Waals surface area contributed by atoms with Gasteiger partial charge in [0.15, 0.2) is 0 Å². The van der Waals surface area contributed by atoms with Crippen LogP contribution < -0.4 is 5.56 Å².